The molecule has 31 heavy (non-hydrogen) atoms. The second kappa shape index (κ2) is 10.1. The van der Waals surface area contributed by atoms with Gasteiger partial charge in [-0.25, -0.2) is 5.43 Å². The SMILES string of the molecule is COc1cc(/C=N\NC(=O)c2cccn(Cc3ccccc3)c2=O)cc(OC)c1OC. The van der Waals surface area contributed by atoms with E-state index in [2.05, 4.69) is 10.5 Å². The van der Waals surface area contributed by atoms with Crippen LogP contribution in [-0.2, 0) is 6.54 Å². The van der Waals surface area contributed by atoms with E-state index in [0.717, 1.165) is 5.56 Å². The lowest BCUT2D eigenvalue weighted by Gasteiger charge is -2.12. The minimum absolute atomic E-state index is 0.000438. The van der Waals surface area contributed by atoms with Gasteiger partial charge in [0.2, 0.25) is 5.75 Å². The Balaban J connectivity index is 1.76. The first-order chi connectivity index (χ1) is 15.1. The number of aromatic nitrogens is 1. The van der Waals surface area contributed by atoms with Crippen molar-refractivity contribution < 1.29 is 19.0 Å². The van der Waals surface area contributed by atoms with Crippen molar-refractivity contribution in [1.82, 2.24) is 9.99 Å². The molecule has 8 nitrogen and oxygen atoms in total. The number of rotatable bonds is 8. The predicted molar refractivity (Wildman–Crippen MR) is 117 cm³/mol. The summed E-state index contributed by atoms with van der Waals surface area (Å²) < 4.78 is 17.4. The Morgan fingerprint density at radius 2 is 1.68 bits per heavy atom. The van der Waals surface area contributed by atoms with Gasteiger partial charge < -0.3 is 18.8 Å². The molecule has 0 aliphatic rings. The van der Waals surface area contributed by atoms with Crippen LogP contribution < -0.4 is 25.2 Å². The quantitative estimate of drug-likeness (QED) is 0.446. The van der Waals surface area contributed by atoms with E-state index in [9.17, 15) is 9.59 Å². The molecule has 0 spiro atoms. The summed E-state index contributed by atoms with van der Waals surface area (Å²) in [5.41, 5.74) is 3.57. The Morgan fingerprint density at radius 1 is 1.00 bits per heavy atom. The smallest absolute Gasteiger partial charge is 0.276 e. The van der Waals surface area contributed by atoms with Gasteiger partial charge in [0, 0.05) is 11.8 Å². The molecule has 0 saturated carbocycles. The van der Waals surface area contributed by atoms with Crippen molar-refractivity contribution in [3.63, 3.8) is 0 Å². The number of benzene rings is 2. The summed E-state index contributed by atoms with van der Waals surface area (Å²) in [5, 5.41) is 3.95. The zero-order valence-electron chi connectivity index (χ0n) is 17.5. The average molecular weight is 421 g/mol. The lowest BCUT2D eigenvalue weighted by atomic mass is 10.2. The van der Waals surface area contributed by atoms with Gasteiger partial charge in [0.15, 0.2) is 11.5 Å². The number of pyridine rings is 1. The molecule has 1 amide bonds. The zero-order valence-corrected chi connectivity index (χ0v) is 17.5. The molecule has 1 heterocycles. The third-order valence-electron chi connectivity index (χ3n) is 4.53. The number of nitrogens with zero attached hydrogens (tertiary/aromatic N) is 2. The predicted octanol–water partition coefficient (Wildman–Crippen LogP) is 2.69. The summed E-state index contributed by atoms with van der Waals surface area (Å²) in [6.45, 7) is 0.371. The van der Waals surface area contributed by atoms with Crippen LogP contribution in [0.2, 0.25) is 0 Å². The van der Waals surface area contributed by atoms with E-state index in [1.54, 1.807) is 24.4 Å². The lowest BCUT2D eigenvalue weighted by molar-refractivity contribution is 0.0953. The zero-order chi connectivity index (χ0) is 22.2. The Labute approximate surface area is 179 Å². The number of nitrogens with one attached hydrogen (secondary N) is 1. The van der Waals surface area contributed by atoms with Crippen LogP contribution in [0.5, 0.6) is 17.2 Å². The second-order valence-corrected chi connectivity index (χ2v) is 6.50. The minimum Gasteiger partial charge on any atom is -0.493 e. The van der Waals surface area contributed by atoms with Crippen LogP contribution in [0.1, 0.15) is 21.5 Å². The van der Waals surface area contributed by atoms with Crippen LogP contribution in [0, 0.1) is 0 Å². The van der Waals surface area contributed by atoms with Crippen molar-refractivity contribution in [1.29, 1.82) is 0 Å². The molecule has 0 aliphatic heterocycles. The van der Waals surface area contributed by atoms with Gasteiger partial charge in [-0.1, -0.05) is 30.3 Å². The molecular formula is C23H23N3O5. The van der Waals surface area contributed by atoms with E-state index in [1.807, 2.05) is 30.3 Å². The monoisotopic (exact) mass is 421 g/mol. The second-order valence-electron chi connectivity index (χ2n) is 6.50. The molecule has 0 aliphatic carbocycles. The van der Waals surface area contributed by atoms with E-state index in [4.69, 9.17) is 14.2 Å². The largest absolute Gasteiger partial charge is 0.493 e. The number of amides is 1. The van der Waals surface area contributed by atoms with Gasteiger partial charge in [-0.3, -0.25) is 9.59 Å². The summed E-state index contributed by atoms with van der Waals surface area (Å²) in [7, 11) is 4.53. The van der Waals surface area contributed by atoms with Gasteiger partial charge in [0.25, 0.3) is 11.5 Å². The number of methoxy groups -OCH3 is 3. The molecule has 0 bridgehead atoms. The van der Waals surface area contributed by atoms with E-state index >= 15 is 0 Å². The Bertz CT molecular complexity index is 1110. The molecule has 2 aromatic carbocycles. The summed E-state index contributed by atoms with van der Waals surface area (Å²) in [6, 6.07) is 16.0. The molecule has 0 fully saturated rings. The van der Waals surface area contributed by atoms with Gasteiger partial charge in [0.1, 0.15) is 5.56 Å². The molecule has 0 atom stereocenters. The first-order valence-corrected chi connectivity index (χ1v) is 9.44. The van der Waals surface area contributed by atoms with Gasteiger partial charge in [-0.2, -0.15) is 5.10 Å². The minimum atomic E-state index is -0.601. The van der Waals surface area contributed by atoms with E-state index in [0.29, 0.717) is 29.4 Å². The van der Waals surface area contributed by atoms with Crippen molar-refractivity contribution in [2.75, 3.05) is 21.3 Å². The topological polar surface area (TPSA) is 91.2 Å². The van der Waals surface area contributed by atoms with Crippen molar-refractivity contribution in [3.05, 3.63) is 87.8 Å². The maximum Gasteiger partial charge on any atom is 0.276 e. The van der Waals surface area contributed by atoms with Gasteiger partial charge in [-0.05, 0) is 29.8 Å². The first-order valence-electron chi connectivity index (χ1n) is 9.44. The van der Waals surface area contributed by atoms with Crippen LogP contribution >= 0.6 is 0 Å². The molecule has 0 radical (unpaired) electrons. The van der Waals surface area contributed by atoms with Gasteiger partial charge >= 0.3 is 0 Å². The fourth-order valence-electron chi connectivity index (χ4n) is 3.02. The van der Waals surface area contributed by atoms with Crippen molar-refractivity contribution in [3.8, 4) is 17.2 Å². The number of carbonyl (C=O) groups is 1. The number of hydrogen-bond acceptors (Lipinski definition) is 6. The standard InChI is InChI=1S/C23H23N3O5/c1-29-19-12-17(13-20(30-2)21(19)31-3)14-24-25-22(27)18-10-7-11-26(23(18)28)15-16-8-5-4-6-9-16/h4-14H,15H2,1-3H3,(H,25,27)/b24-14-. The molecule has 3 rings (SSSR count). The van der Waals surface area contributed by atoms with Crippen LogP contribution in [0.15, 0.2) is 70.7 Å². The van der Waals surface area contributed by atoms with Crippen molar-refractivity contribution in [2.45, 2.75) is 6.54 Å². The number of hydrogen-bond donors (Lipinski definition) is 1. The van der Waals surface area contributed by atoms with Crippen molar-refractivity contribution in [2.24, 2.45) is 5.10 Å². The number of ether oxygens (including phenoxy) is 3. The molecule has 1 N–H and O–H groups in total. The molecular weight excluding hydrogens is 398 g/mol. The molecule has 3 aromatic rings. The fourth-order valence-corrected chi connectivity index (χ4v) is 3.02. The summed E-state index contributed by atoms with van der Waals surface area (Å²) in [5.74, 6) is 0.772. The van der Waals surface area contributed by atoms with Gasteiger partial charge in [-0.15, -0.1) is 0 Å². The van der Waals surface area contributed by atoms with E-state index < -0.39 is 11.5 Å². The highest BCUT2D eigenvalue weighted by Gasteiger charge is 2.13. The highest BCUT2D eigenvalue weighted by atomic mass is 16.5. The molecule has 8 heteroatoms. The van der Waals surface area contributed by atoms with Crippen LogP contribution in [-0.4, -0.2) is 38.0 Å². The Hall–Kier alpha value is -4.07. The fraction of sp³-hybridized carbons (Fsp3) is 0.174. The molecule has 0 unspecified atom stereocenters. The normalized spacial score (nSPS) is 10.7. The molecule has 1 aromatic heterocycles. The highest BCUT2D eigenvalue weighted by molar-refractivity contribution is 5.94. The maximum absolute atomic E-state index is 12.7. The Morgan fingerprint density at radius 3 is 2.29 bits per heavy atom. The number of hydrazone groups is 1. The van der Waals surface area contributed by atoms with Crippen LogP contribution in [0.4, 0.5) is 0 Å². The third kappa shape index (κ3) is 5.11. The number of carbonyl (C=O) groups excluding carboxylic acids is 1. The molecule has 160 valence electrons. The Kier molecular flexibility index (Phi) is 7.05. The van der Waals surface area contributed by atoms with Crippen LogP contribution in [0.25, 0.3) is 0 Å². The van der Waals surface area contributed by atoms with E-state index in [-0.39, 0.29) is 5.56 Å². The van der Waals surface area contributed by atoms with Gasteiger partial charge in [0.05, 0.1) is 34.1 Å². The average Bonchev–Trinajstić information content (AvgIpc) is 2.80. The summed E-state index contributed by atoms with van der Waals surface area (Å²) in [4.78, 5) is 25.2. The summed E-state index contributed by atoms with van der Waals surface area (Å²) in [6.07, 6.45) is 3.07. The maximum atomic E-state index is 12.7. The van der Waals surface area contributed by atoms with Crippen molar-refractivity contribution >= 4 is 12.1 Å². The lowest BCUT2D eigenvalue weighted by Crippen LogP contribution is -2.30. The third-order valence-corrected chi connectivity index (χ3v) is 4.53. The summed E-state index contributed by atoms with van der Waals surface area (Å²) >= 11 is 0. The molecule has 0 saturated heterocycles. The van der Waals surface area contributed by atoms with Crippen LogP contribution in [0.3, 0.4) is 0 Å². The highest BCUT2D eigenvalue weighted by Crippen LogP contribution is 2.37. The van der Waals surface area contributed by atoms with E-state index in [1.165, 1.54) is 38.2 Å². The first kappa shape index (κ1) is 21.6.